The Morgan fingerprint density at radius 1 is 1.62 bits per heavy atom. The van der Waals surface area contributed by atoms with Crippen LogP contribution in [0.2, 0.25) is 0 Å². The molecule has 0 atom stereocenters. The van der Waals surface area contributed by atoms with Gasteiger partial charge in [0.15, 0.2) is 0 Å². The van der Waals surface area contributed by atoms with Crippen LogP contribution >= 0.6 is 15.9 Å². The molecular weight excluding hydrogens is 230 g/mol. The summed E-state index contributed by atoms with van der Waals surface area (Å²) in [5, 5.41) is 0. The molecule has 2 heterocycles. The Balaban J connectivity index is 2.92. The zero-order valence-corrected chi connectivity index (χ0v) is 7.81. The van der Waals surface area contributed by atoms with Gasteiger partial charge in [-0.25, -0.2) is 9.97 Å². The summed E-state index contributed by atoms with van der Waals surface area (Å²) in [6.45, 7) is -2.78. The van der Waals surface area contributed by atoms with E-state index in [4.69, 9.17) is 11.0 Å². The molecule has 0 radical (unpaired) electrons. The SMILES string of the molecule is [2H]c1nc(-n2c([2H])nc(Br)c2[2H])c(C([2H])([2H])[2H])c([2H])c1[2H]. The summed E-state index contributed by atoms with van der Waals surface area (Å²) in [4.78, 5) is 7.32. The Morgan fingerprint density at radius 3 is 3.23 bits per heavy atom. The molecule has 2 aromatic heterocycles. The third kappa shape index (κ3) is 1.62. The van der Waals surface area contributed by atoms with Crippen LogP contribution in [0.4, 0.5) is 0 Å². The first kappa shape index (κ1) is 3.20. The molecule has 0 saturated carbocycles. The van der Waals surface area contributed by atoms with Crippen LogP contribution < -0.4 is 0 Å². The van der Waals surface area contributed by atoms with Crippen LogP contribution in [0.15, 0.2) is 35.3 Å². The molecule has 0 fully saturated rings. The molecule has 0 spiro atoms. The minimum absolute atomic E-state index is 0.0128. The second-order valence-electron chi connectivity index (χ2n) is 2.12. The number of hydrogen-bond acceptors (Lipinski definition) is 2. The molecule has 0 bridgehead atoms. The van der Waals surface area contributed by atoms with Crippen LogP contribution in [0.5, 0.6) is 0 Å². The van der Waals surface area contributed by atoms with Gasteiger partial charge in [0.05, 0.1) is 5.48 Å². The van der Waals surface area contributed by atoms with Crippen molar-refractivity contribution in [1.29, 1.82) is 0 Å². The molecule has 4 heteroatoms. The number of aromatic nitrogens is 3. The maximum atomic E-state index is 7.79. The van der Waals surface area contributed by atoms with E-state index in [-0.39, 0.29) is 10.8 Å². The average molecular weight is 246 g/mol. The molecule has 0 amide bonds. The van der Waals surface area contributed by atoms with E-state index in [1.165, 1.54) is 0 Å². The van der Waals surface area contributed by atoms with Gasteiger partial charge in [-0.2, -0.15) is 0 Å². The van der Waals surface area contributed by atoms with E-state index < -0.39 is 42.8 Å². The van der Waals surface area contributed by atoms with Crippen molar-refractivity contribution in [2.45, 2.75) is 6.85 Å². The van der Waals surface area contributed by atoms with E-state index in [9.17, 15) is 0 Å². The third-order valence-corrected chi connectivity index (χ3v) is 1.65. The minimum Gasteiger partial charge on any atom is -0.289 e. The van der Waals surface area contributed by atoms with Crippen molar-refractivity contribution in [2.75, 3.05) is 0 Å². The van der Waals surface area contributed by atoms with E-state index in [1.54, 1.807) is 0 Å². The van der Waals surface area contributed by atoms with Crippen molar-refractivity contribution in [3.8, 4) is 5.82 Å². The molecule has 0 aromatic carbocycles. The molecule has 0 N–H and O–H groups in total. The second kappa shape index (κ2) is 3.30. The van der Waals surface area contributed by atoms with Crippen molar-refractivity contribution < 1.29 is 11.0 Å². The first-order valence-corrected chi connectivity index (χ1v) is 4.05. The topological polar surface area (TPSA) is 30.7 Å². The quantitative estimate of drug-likeness (QED) is 0.773. The molecule has 2 rings (SSSR count). The molecule has 0 saturated heterocycles. The highest BCUT2D eigenvalue weighted by atomic mass is 79.9. The smallest absolute Gasteiger partial charge is 0.140 e. The van der Waals surface area contributed by atoms with E-state index in [1.807, 2.05) is 0 Å². The average Bonchev–Trinajstić information content (AvgIpc) is 2.58. The molecule has 2 aromatic rings. The summed E-state index contributed by atoms with van der Waals surface area (Å²) in [6, 6.07) is -1.30. The van der Waals surface area contributed by atoms with Gasteiger partial charge in [-0.05, 0) is 34.4 Å². The monoisotopic (exact) mass is 245 g/mol. The van der Waals surface area contributed by atoms with Crippen molar-refractivity contribution in [1.82, 2.24) is 14.5 Å². The summed E-state index contributed by atoms with van der Waals surface area (Å²) < 4.78 is 61.5. The van der Waals surface area contributed by atoms with Gasteiger partial charge in [0, 0.05) is 16.5 Å². The van der Waals surface area contributed by atoms with Crippen molar-refractivity contribution in [3.05, 3.63) is 40.9 Å². The standard InChI is InChI=1S/C9H8BrN3/c1-7-3-2-4-11-9(7)13-5-8(10)12-6-13/h2-6H,1H3/i1D3,2D,3D,4D,5D,6D. The number of rotatable bonds is 1. The van der Waals surface area contributed by atoms with Crippen molar-refractivity contribution in [3.63, 3.8) is 0 Å². The largest absolute Gasteiger partial charge is 0.289 e. The zero-order valence-electron chi connectivity index (χ0n) is 14.2. The Kier molecular flexibility index (Phi) is 0.813. The number of pyridine rings is 1. The van der Waals surface area contributed by atoms with E-state index in [2.05, 4.69) is 25.9 Å². The van der Waals surface area contributed by atoms with Gasteiger partial charge in [0.2, 0.25) is 0 Å². The van der Waals surface area contributed by atoms with Gasteiger partial charge in [-0.1, -0.05) is 6.04 Å². The van der Waals surface area contributed by atoms with Gasteiger partial charge < -0.3 is 0 Å². The van der Waals surface area contributed by atoms with E-state index >= 15 is 0 Å². The molecule has 0 aliphatic carbocycles. The Labute approximate surface area is 95.8 Å². The first-order chi connectivity index (χ1) is 9.55. The van der Waals surface area contributed by atoms with Gasteiger partial charge in [0.25, 0.3) is 0 Å². The summed E-state index contributed by atoms with van der Waals surface area (Å²) in [5.74, 6) is -0.422. The van der Waals surface area contributed by atoms with E-state index in [0.717, 1.165) is 4.57 Å². The molecule has 0 aliphatic heterocycles. The van der Waals surface area contributed by atoms with Gasteiger partial charge >= 0.3 is 0 Å². The Morgan fingerprint density at radius 2 is 2.54 bits per heavy atom. The highest BCUT2D eigenvalue weighted by Crippen LogP contribution is 2.12. The fourth-order valence-electron chi connectivity index (χ4n) is 0.781. The molecule has 0 unspecified atom stereocenters. The summed E-state index contributed by atoms with van der Waals surface area (Å²) >= 11 is 2.95. The van der Waals surface area contributed by atoms with Crippen molar-refractivity contribution >= 4 is 15.9 Å². The maximum Gasteiger partial charge on any atom is 0.140 e. The van der Waals surface area contributed by atoms with Crippen LogP contribution in [0, 0.1) is 6.85 Å². The first-order valence-electron chi connectivity index (χ1n) is 7.25. The summed E-state index contributed by atoms with van der Waals surface area (Å²) in [6.07, 6.45) is -1.39. The second-order valence-corrected chi connectivity index (χ2v) is 2.87. The molecule has 0 aliphatic rings. The predicted octanol–water partition coefficient (Wildman–Crippen LogP) is 2.34. The van der Waals surface area contributed by atoms with Crippen LogP contribution in [-0.2, 0) is 0 Å². The number of nitrogens with zero attached hydrogens (tertiary/aromatic N) is 3. The fraction of sp³-hybridized carbons (Fsp3) is 0.111. The van der Waals surface area contributed by atoms with E-state index in [0.29, 0.717) is 0 Å². The lowest BCUT2D eigenvalue weighted by Crippen LogP contribution is -1.96. The third-order valence-electron chi connectivity index (χ3n) is 1.29. The molecule has 3 nitrogen and oxygen atoms in total. The predicted molar refractivity (Wildman–Crippen MR) is 53.8 cm³/mol. The lowest BCUT2D eigenvalue weighted by atomic mass is 10.3. The Hall–Kier alpha value is -1.16. The van der Waals surface area contributed by atoms with Crippen molar-refractivity contribution in [2.24, 2.45) is 0 Å². The summed E-state index contributed by atoms with van der Waals surface area (Å²) in [7, 11) is 0. The highest BCUT2D eigenvalue weighted by Gasteiger charge is 2.01. The lowest BCUT2D eigenvalue weighted by molar-refractivity contribution is 0.975. The highest BCUT2D eigenvalue weighted by molar-refractivity contribution is 9.10. The maximum absolute atomic E-state index is 7.79. The number of imidazole rings is 1. The van der Waals surface area contributed by atoms with Crippen LogP contribution in [-0.4, -0.2) is 14.5 Å². The van der Waals surface area contributed by atoms with Gasteiger partial charge in [-0.3, -0.25) is 4.57 Å². The Bertz CT molecular complexity index is 723. The van der Waals surface area contributed by atoms with Gasteiger partial charge in [-0.15, -0.1) is 0 Å². The zero-order chi connectivity index (χ0) is 16.1. The number of hydrogen-bond donors (Lipinski definition) is 0. The lowest BCUT2D eigenvalue weighted by Gasteiger charge is -2.02. The molecule has 66 valence electrons. The number of halogens is 1. The van der Waals surface area contributed by atoms with Crippen LogP contribution in [0.3, 0.4) is 0 Å². The van der Waals surface area contributed by atoms with Crippen LogP contribution in [0.1, 0.15) is 16.5 Å². The van der Waals surface area contributed by atoms with Crippen LogP contribution in [0.25, 0.3) is 5.82 Å². The minimum atomic E-state index is -2.78. The molecular formula is C9H8BrN3. The van der Waals surface area contributed by atoms with Gasteiger partial charge in [0.1, 0.15) is 18.1 Å². The summed E-state index contributed by atoms with van der Waals surface area (Å²) in [5.41, 5.74) is -0.588. The molecule has 13 heavy (non-hydrogen) atoms. The fourth-order valence-corrected chi connectivity index (χ4v) is 1.04. The normalized spacial score (nSPS) is 20.1.